The van der Waals surface area contributed by atoms with E-state index in [-0.39, 0.29) is 22.8 Å². The summed E-state index contributed by atoms with van der Waals surface area (Å²) >= 11 is 5.59. The van der Waals surface area contributed by atoms with Crippen LogP contribution in [0, 0.1) is 22.5 Å². The van der Waals surface area contributed by atoms with Crippen molar-refractivity contribution >= 4 is 23.1 Å². The van der Waals surface area contributed by atoms with Crippen molar-refractivity contribution in [2.24, 2.45) is 0 Å². The molecule has 7 heteroatoms. The SMILES string of the molecule is C#CC(CCC)Nc1nc(Cl)ncc1[N+](=O)[O-]. The molecule has 0 aliphatic carbocycles. The Balaban J connectivity index is 2.99. The molecule has 0 spiro atoms. The molecule has 1 aromatic heterocycles. The maximum Gasteiger partial charge on any atom is 0.329 e. The van der Waals surface area contributed by atoms with Gasteiger partial charge in [0.25, 0.3) is 0 Å². The highest BCUT2D eigenvalue weighted by atomic mass is 35.5. The molecule has 0 aromatic carbocycles. The van der Waals surface area contributed by atoms with Gasteiger partial charge < -0.3 is 5.32 Å². The molecule has 0 bridgehead atoms. The van der Waals surface area contributed by atoms with Crippen LogP contribution in [0.2, 0.25) is 5.28 Å². The number of terminal acetylenes is 1. The van der Waals surface area contributed by atoms with Crippen LogP contribution in [0.4, 0.5) is 11.5 Å². The van der Waals surface area contributed by atoms with Gasteiger partial charge in [0.2, 0.25) is 11.1 Å². The Labute approximate surface area is 104 Å². The highest BCUT2D eigenvalue weighted by Crippen LogP contribution is 2.23. The lowest BCUT2D eigenvalue weighted by Gasteiger charge is -2.12. The lowest BCUT2D eigenvalue weighted by Crippen LogP contribution is -2.18. The van der Waals surface area contributed by atoms with E-state index in [1.807, 2.05) is 6.92 Å². The van der Waals surface area contributed by atoms with E-state index in [1.54, 1.807) is 0 Å². The Hall–Kier alpha value is -1.87. The first-order valence-corrected chi connectivity index (χ1v) is 5.35. The highest BCUT2D eigenvalue weighted by Gasteiger charge is 2.18. The Morgan fingerprint density at radius 1 is 1.76 bits per heavy atom. The van der Waals surface area contributed by atoms with Gasteiger partial charge in [-0.15, -0.1) is 6.42 Å². The third-order valence-electron chi connectivity index (χ3n) is 2.03. The number of hydrogen-bond acceptors (Lipinski definition) is 5. The third kappa shape index (κ3) is 3.57. The van der Waals surface area contributed by atoms with Gasteiger partial charge in [0.05, 0.1) is 11.0 Å². The Morgan fingerprint density at radius 3 is 3.00 bits per heavy atom. The number of nitrogens with one attached hydrogen (secondary N) is 1. The molecule has 17 heavy (non-hydrogen) atoms. The van der Waals surface area contributed by atoms with Crippen LogP contribution in [-0.4, -0.2) is 20.9 Å². The second-order valence-corrected chi connectivity index (χ2v) is 3.62. The van der Waals surface area contributed by atoms with Gasteiger partial charge in [-0.1, -0.05) is 19.3 Å². The van der Waals surface area contributed by atoms with E-state index in [1.165, 1.54) is 0 Å². The first-order chi connectivity index (χ1) is 8.08. The molecule has 0 fully saturated rings. The van der Waals surface area contributed by atoms with Gasteiger partial charge in [-0.2, -0.15) is 4.98 Å². The molecule has 0 amide bonds. The molecule has 0 aliphatic rings. The normalized spacial score (nSPS) is 11.6. The zero-order chi connectivity index (χ0) is 12.8. The van der Waals surface area contributed by atoms with Crippen LogP contribution in [0.25, 0.3) is 0 Å². The number of nitrogens with zero attached hydrogens (tertiary/aromatic N) is 3. The average Bonchev–Trinajstić information content (AvgIpc) is 2.28. The van der Waals surface area contributed by atoms with Crippen LogP contribution in [0.3, 0.4) is 0 Å². The van der Waals surface area contributed by atoms with E-state index in [9.17, 15) is 10.1 Å². The third-order valence-corrected chi connectivity index (χ3v) is 2.21. The molecule has 0 aliphatic heterocycles. The predicted molar refractivity (Wildman–Crippen MR) is 64.8 cm³/mol. The van der Waals surface area contributed by atoms with E-state index in [4.69, 9.17) is 18.0 Å². The van der Waals surface area contributed by atoms with Crippen molar-refractivity contribution in [3.8, 4) is 12.3 Å². The minimum Gasteiger partial charge on any atom is -0.351 e. The van der Waals surface area contributed by atoms with Gasteiger partial charge >= 0.3 is 5.69 Å². The lowest BCUT2D eigenvalue weighted by molar-refractivity contribution is -0.384. The average molecular weight is 255 g/mol. The number of halogens is 1. The summed E-state index contributed by atoms with van der Waals surface area (Å²) in [5, 5.41) is 13.5. The maximum absolute atomic E-state index is 10.8. The fourth-order valence-corrected chi connectivity index (χ4v) is 1.38. The van der Waals surface area contributed by atoms with E-state index < -0.39 is 4.92 Å². The number of anilines is 1. The van der Waals surface area contributed by atoms with Crippen molar-refractivity contribution in [1.29, 1.82) is 0 Å². The lowest BCUT2D eigenvalue weighted by atomic mass is 10.2. The molecule has 90 valence electrons. The summed E-state index contributed by atoms with van der Waals surface area (Å²) in [4.78, 5) is 17.5. The number of hydrogen-bond donors (Lipinski definition) is 1. The molecule has 1 N–H and O–H groups in total. The van der Waals surface area contributed by atoms with Gasteiger partial charge in [0, 0.05) is 0 Å². The second kappa shape index (κ2) is 6.01. The largest absolute Gasteiger partial charge is 0.351 e. The zero-order valence-corrected chi connectivity index (χ0v) is 9.94. The standard InChI is InChI=1S/C10H11ClN4O2/c1-3-5-7(4-2)13-9-8(15(16)17)6-12-10(11)14-9/h2,6-7H,3,5H2,1H3,(H,12,13,14). The Morgan fingerprint density at radius 2 is 2.47 bits per heavy atom. The summed E-state index contributed by atoms with van der Waals surface area (Å²) in [6.07, 6.45) is 7.91. The Kier molecular flexibility index (Phi) is 4.67. The second-order valence-electron chi connectivity index (χ2n) is 3.28. The quantitative estimate of drug-likeness (QED) is 0.377. The summed E-state index contributed by atoms with van der Waals surface area (Å²) in [5.41, 5.74) is -0.245. The molecule has 0 saturated heterocycles. The van der Waals surface area contributed by atoms with Crippen molar-refractivity contribution in [1.82, 2.24) is 9.97 Å². The van der Waals surface area contributed by atoms with Crippen LogP contribution < -0.4 is 5.32 Å². The molecule has 1 aromatic rings. The van der Waals surface area contributed by atoms with Crippen LogP contribution in [0.1, 0.15) is 19.8 Å². The molecule has 1 rings (SSSR count). The van der Waals surface area contributed by atoms with Crippen LogP contribution in [0.15, 0.2) is 6.20 Å². The first-order valence-electron chi connectivity index (χ1n) is 4.98. The molecule has 1 atom stereocenters. The molecule has 1 unspecified atom stereocenters. The van der Waals surface area contributed by atoms with Gasteiger partial charge in [0.1, 0.15) is 6.20 Å². The molecular formula is C10H11ClN4O2. The van der Waals surface area contributed by atoms with Gasteiger partial charge in [-0.25, -0.2) is 4.98 Å². The summed E-state index contributed by atoms with van der Waals surface area (Å²) in [5.74, 6) is 2.55. The topological polar surface area (TPSA) is 81.0 Å². The van der Waals surface area contributed by atoms with Crippen molar-refractivity contribution < 1.29 is 4.92 Å². The minimum absolute atomic E-state index is 0.0476. The Bertz CT molecular complexity index is 458. The van der Waals surface area contributed by atoms with Gasteiger partial charge in [-0.05, 0) is 18.0 Å². The molecule has 0 radical (unpaired) electrons. The molecule has 1 heterocycles. The van der Waals surface area contributed by atoms with Crippen LogP contribution in [-0.2, 0) is 0 Å². The summed E-state index contributed by atoms with van der Waals surface area (Å²) < 4.78 is 0. The first kappa shape index (κ1) is 13.2. The van der Waals surface area contributed by atoms with Crippen LogP contribution in [0.5, 0.6) is 0 Å². The monoisotopic (exact) mass is 254 g/mol. The molecular weight excluding hydrogens is 244 g/mol. The zero-order valence-electron chi connectivity index (χ0n) is 9.18. The van der Waals surface area contributed by atoms with Crippen molar-refractivity contribution in [3.05, 3.63) is 21.6 Å². The van der Waals surface area contributed by atoms with E-state index >= 15 is 0 Å². The van der Waals surface area contributed by atoms with Crippen molar-refractivity contribution in [2.75, 3.05) is 5.32 Å². The number of rotatable bonds is 5. The molecule has 6 nitrogen and oxygen atoms in total. The number of aromatic nitrogens is 2. The summed E-state index contributed by atoms with van der Waals surface area (Å²) in [6, 6.07) is -0.315. The fourth-order valence-electron chi connectivity index (χ4n) is 1.24. The summed E-state index contributed by atoms with van der Waals surface area (Å²) in [6.45, 7) is 1.97. The van der Waals surface area contributed by atoms with Crippen molar-refractivity contribution in [2.45, 2.75) is 25.8 Å². The minimum atomic E-state index is -0.585. The van der Waals surface area contributed by atoms with Crippen LogP contribution >= 0.6 is 11.6 Å². The summed E-state index contributed by atoms with van der Waals surface area (Å²) in [7, 11) is 0. The van der Waals surface area contributed by atoms with Gasteiger partial charge in [0.15, 0.2) is 0 Å². The predicted octanol–water partition coefficient (Wildman–Crippen LogP) is 2.25. The van der Waals surface area contributed by atoms with Gasteiger partial charge in [-0.3, -0.25) is 10.1 Å². The van der Waals surface area contributed by atoms with E-state index in [0.717, 1.165) is 12.6 Å². The fraction of sp³-hybridized carbons (Fsp3) is 0.400. The highest BCUT2D eigenvalue weighted by molar-refractivity contribution is 6.28. The number of nitro groups is 1. The van der Waals surface area contributed by atoms with E-state index in [2.05, 4.69) is 21.2 Å². The van der Waals surface area contributed by atoms with Crippen molar-refractivity contribution in [3.63, 3.8) is 0 Å². The molecule has 0 saturated carbocycles. The smallest absolute Gasteiger partial charge is 0.329 e. The van der Waals surface area contributed by atoms with E-state index in [0.29, 0.717) is 6.42 Å². The maximum atomic E-state index is 10.8.